The number of hydrogen-bond donors (Lipinski definition) is 0. The maximum Gasteiger partial charge on any atom is 0.146 e. The Morgan fingerprint density at radius 1 is 0.931 bits per heavy atom. The highest BCUT2D eigenvalue weighted by Crippen LogP contribution is 2.43. The van der Waals surface area contributed by atoms with Crippen LogP contribution in [0.5, 0.6) is 0 Å². The number of aryl methyl sites for hydroxylation is 2. The highest BCUT2D eigenvalue weighted by atomic mass is 32.1. The van der Waals surface area contributed by atoms with E-state index in [1.165, 1.54) is 80.5 Å². The lowest BCUT2D eigenvalue weighted by Gasteiger charge is -2.42. The Morgan fingerprint density at radius 3 is 2.69 bits per heavy atom. The SMILES string of the molecule is C1Cc2sc3nc(CN4CCOCC4)nc(N4CC[C@H]5CCCC[C@@H]5C4)c3c2C1. The molecule has 2 aliphatic heterocycles. The average molecular weight is 413 g/mol. The molecule has 0 N–H and O–H groups in total. The highest BCUT2D eigenvalue weighted by Gasteiger charge is 2.33. The van der Waals surface area contributed by atoms with Gasteiger partial charge in [0.1, 0.15) is 16.5 Å². The van der Waals surface area contributed by atoms with Crippen molar-refractivity contribution in [3.63, 3.8) is 0 Å². The molecule has 0 aromatic carbocycles. The monoisotopic (exact) mass is 412 g/mol. The van der Waals surface area contributed by atoms with Gasteiger partial charge in [-0.1, -0.05) is 19.3 Å². The Labute approximate surface area is 177 Å². The van der Waals surface area contributed by atoms with Gasteiger partial charge in [-0.05, 0) is 49.5 Å². The molecule has 2 saturated heterocycles. The van der Waals surface area contributed by atoms with Crippen LogP contribution in [0.1, 0.15) is 54.8 Å². The molecule has 0 bridgehead atoms. The normalized spacial score (nSPS) is 27.9. The second-order valence-electron chi connectivity index (χ2n) is 9.43. The predicted molar refractivity (Wildman–Crippen MR) is 118 cm³/mol. The third-order valence-electron chi connectivity index (χ3n) is 7.65. The molecule has 156 valence electrons. The van der Waals surface area contributed by atoms with Crippen LogP contribution in [0.25, 0.3) is 10.2 Å². The molecule has 0 unspecified atom stereocenters. The van der Waals surface area contributed by atoms with E-state index in [2.05, 4.69) is 9.80 Å². The Kier molecular flexibility index (Phi) is 4.97. The summed E-state index contributed by atoms with van der Waals surface area (Å²) in [6, 6.07) is 0. The van der Waals surface area contributed by atoms with E-state index in [1.807, 2.05) is 11.3 Å². The van der Waals surface area contributed by atoms with Gasteiger partial charge in [0, 0.05) is 31.1 Å². The van der Waals surface area contributed by atoms with Crippen LogP contribution in [0, 0.1) is 11.8 Å². The summed E-state index contributed by atoms with van der Waals surface area (Å²) in [4.78, 5) is 18.2. The quantitative estimate of drug-likeness (QED) is 0.761. The average Bonchev–Trinajstić information content (AvgIpc) is 3.35. The topological polar surface area (TPSA) is 41.5 Å². The van der Waals surface area contributed by atoms with Crippen molar-refractivity contribution in [2.45, 2.75) is 57.9 Å². The van der Waals surface area contributed by atoms with E-state index in [9.17, 15) is 0 Å². The van der Waals surface area contributed by atoms with Crippen LogP contribution in [-0.4, -0.2) is 54.3 Å². The summed E-state index contributed by atoms with van der Waals surface area (Å²) in [5, 5.41) is 1.41. The zero-order chi connectivity index (χ0) is 19.2. The van der Waals surface area contributed by atoms with E-state index < -0.39 is 0 Å². The lowest BCUT2D eigenvalue weighted by atomic mass is 9.75. The van der Waals surface area contributed by atoms with Crippen LogP contribution >= 0.6 is 11.3 Å². The first kappa shape index (κ1) is 18.5. The second kappa shape index (κ2) is 7.78. The fraction of sp³-hybridized carbons (Fsp3) is 0.739. The minimum atomic E-state index is 0.831. The summed E-state index contributed by atoms with van der Waals surface area (Å²) >= 11 is 1.94. The zero-order valence-corrected chi connectivity index (χ0v) is 18.2. The number of ether oxygens (including phenoxy) is 1. The number of aromatic nitrogens is 2. The van der Waals surface area contributed by atoms with Gasteiger partial charge in [0.2, 0.25) is 0 Å². The van der Waals surface area contributed by atoms with Crippen molar-refractivity contribution in [2.24, 2.45) is 11.8 Å². The molecule has 6 heteroatoms. The Hall–Kier alpha value is -1.24. The van der Waals surface area contributed by atoms with E-state index in [-0.39, 0.29) is 0 Å². The van der Waals surface area contributed by atoms with Crippen LogP contribution in [0.2, 0.25) is 0 Å². The minimum Gasteiger partial charge on any atom is -0.379 e. The van der Waals surface area contributed by atoms with Crippen molar-refractivity contribution >= 4 is 27.4 Å². The van der Waals surface area contributed by atoms with E-state index in [1.54, 1.807) is 10.4 Å². The van der Waals surface area contributed by atoms with Gasteiger partial charge in [0.25, 0.3) is 0 Å². The van der Waals surface area contributed by atoms with E-state index >= 15 is 0 Å². The summed E-state index contributed by atoms with van der Waals surface area (Å²) in [7, 11) is 0. The summed E-state index contributed by atoms with van der Waals surface area (Å²) in [5.74, 6) is 4.11. The fourth-order valence-corrected chi connectivity index (χ4v) is 7.35. The number of hydrogen-bond acceptors (Lipinski definition) is 6. The van der Waals surface area contributed by atoms with Crippen molar-refractivity contribution in [3.05, 3.63) is 16.3 Å². The van der Waals surface area contributed by atoms with Gasteiger partial charge in [0.05, 0.1) is 25.1 Å². The minimum absolute atomic E-state index is 0.831. The standard InChI is InChI=1S/C23H32N4OS/c1-2-5-17-14-27(9-8-16(17)4-1)22-21-18-6-3-7-19(18)29-23(21)25-20(24-22)15-26-10-12-28-13-11-26/h16-17H,1-15H2/t16-,17-/m1/s1. The van der Waals surface area contributed by atoms with Crippen LogP contribution in [0.3, 0.4) is 0 Å². The van der Waals surface area contributed by atoms with Crippen molar-refractivity contribution in [3.8, 4) is 0 Å². The van der Waals surface area contributed by atoms with Crippen molar-refractivity contribution < 1.29 is 4.74 Å². The molecule has 2 atom stereocenters. The zero-order valence-electron chi connectivity index (χ0n) is 17.4. The summed E-state index contributed by atoms with van der Waals surface area (Å²) in [5.41, 5.74) is 1.57. The molecule has 2 aromatic rings. The van der Waals surface area contributed by atoms with Crippen molar-refractivity contribution in [1.82, 2.24) is 14.9 Å². The molecule has 29 heavy (non-hydrogen) atoms. The molecule has 0 spiro atoms. The van der Waals surface area contributed by atoms with Gasteiger partial charge < -0.3 is 9.64 Å². The largest absolute Gasteiger partial charge is 0.379 e. The first-order valence-corrected chi connectivity index (χ1v) is 12.5. The van der Waals surface area contributed by atoms with E-state index in [4.69, 9.17) is 14.7 Å². The molecule has 4 aliphatic rings. The van der Waals surface area contributed by atoms with Gasteiger partial charge in [0.15, 0.2) is 0 Å². The number of piperidine rings is 1. The molecular formula is C23H32N4OS. The fourth-order valence-electron chi connectivity index (χ4n) is 6.07. The van der Waals surface area contributed by atoms with Crippen molar-refractivity contribution in [2.75, 3.05) is 44.3 Å². The molecule has 5 nitrogen and oxygen atoms in total. The van der Waals surface area contributed by atoms with Crippen LogP contribution in [0.15, 0.2) is 0 Å². The maximum atomic E-state index is 5.53. The first-order valence-electron chi connectivity index (χ1n) is 11.7. The van der Waals surface area contributed by atoms with E-state index in [0.29, 0.717) is 0 Å². The van der Waals surface area contributed by atoms with Gasteiger partial charge in [-0.2, -0.15) is 0 Å². The predicted octanol–water partition coefficient (Wildman–Crippen LogP) is 4.03. The lowest BCUT2D eigenvalue weighted by molar-refractivity contribution is 0.0331. The Bertz CT molecular complexity index is 891. The summed E-state index contributed by atoms with van der Waals surface area (Å²) in [6.07, 6.45) is 10.8. The second-order valence-corrected chi connectivity index (χ2v) is 10.5. The highest BCUT2D eigenvalue weighted by molar-refractivity contribution is 7.19. The smallest absolute Gasteiger partial charge is 0.146 e. The van der Waals surface area contributed by atoms with Crippen molar-refractivity contribution in [1.29, 1.82) is 0 Å². The van der Waals surface area contributed by atoms with Gasteiger partial charge in [-0.3, -0.25) is 4.90 Å². The number of morpholine rings is 1. The van der Waals surface area contributed by atoms with Crippen LogP contribution < -0.4 is 4.90 Å². The number of fused-ring (bicyclic) bond motifs is 4. The maximum absolute atomic E-state index is 5.53. The van der Waals surface area contributed by atoms with Crippen LogP contribution in [0.4, 0.5) is 5.82 Å². The Balaban J connectivity index is 1.36. The number of anilines is 1. The first-order chi connectivity index (χ1) is 14.3. The Morgan fingerprint density at radius 2 is 1.79 bits per heavy atom. The van der Waals surface area contributed by atoms with Gasteiger partial charge >= 0.3 is 0 Å². The molecule has 4 heterocycles. The van der Waals surface area contributed by atoms with Gasteiger partial charge in [-0.15, -0.1) is 11.3 Å². The number of nitrogens with zero attached hydrogens (tertiary/aromatic N) is 4. The van der Waals surface area contributed by atoms with E-state index in [0.717, 1.165) is 50.5 Å². The van der Waals surface area contributed by atoms with Crippen LogP contribution in [-0.2, 0) is 24.1 Å². The summed E-state index contributed by atoms with van der Waals surface area (Å²) in [6.45, 7) is 6.88. The number of rotatable bonds is 3. The third kappa shape index (κ3) is 3.47. The lowest BCUT2D eigenvalue weighted by Crippen LogP contribution is -2.42. The number of thiophene rings is 1. The molecular weight excluding hydrogens is 380 g/mol. The molecule has 0 amide bonds. The molecule has 2 aromatic heterocycles. The molecule has 1 saturated carbocycles. The summed E-state index contributed by atoms with van der Waals surface area (Å²) < 4.78 is 5.53. The molecule has 0 radical (unpaired) electrons. The van der Waals surface area contributed by atoms with Gasteiger partial charge in [-0.25, -0.2) is 9.97 Å². The third-order valence-corrected chi connectivity index (χ3v) is 8.84. The molecule has 2 aliphatic carbocycles. The molecule has 6 rings (SSSR count). The molecule has 3 fully saturated rings.